The van der Waals surface area contributed by atoms with Gasteiger partial charge >= 0.3 is 0 Å². The summed E-state index contributed by atoms with van der Waals surface area (Å²) in [7, 11) is 1.85. The number of hydrogen-bond donors (Lipinski definition) is 1. The Morgan fingerprint density at radius 2 is 2.39 bits per heavy atom. The summed E-state index contributed by atoms with van der Waals surface area (Å²) in [4.78, 5) is 11.1. The fourth-order valence-electron chi connectivity index (χ4n) is 2.00. The van der Waals surface area contributed by atoms with E-state index in [1.807, 2.05) is 7.05 Å². The van der Waals surface area contributed by atoms with Crippen molar-refractivity contribution < 1.29 is 4.74 Å². The number of hydrogen-bond acceptors (Lipinski definition) is 5. The first-order valence-corrected chi connectivity index (χ1v) is 6.96. The summed E-state index contributed by atoms with van der Waals surface area (Å²) in [6.07, 6.45) is 2.77. The van der Waals surface area contributed by atoms with Crippen molar-refractivity contribution in [2.24, 2.45) is 0 Å². The molecule has 2 rings (SSSR count). The van der Waals surface area contributed by atoms with Crippen LogP contribution in [0.25, 0.3) is 0 Å². The van der Waals surface area contributed by atoms with Gasteiger partial charge in [-0.05, 0) is 29.3 Å². The second-order valence-corrected chi connectivity index (χ2v) is 5.54. The maximum atomic E-state index is 5.82. The molecule has 0 amide bonds. The Bertz CT molecular complexity index is 429. The van der Waals surface area contributed by atoms with Gasteiger partial charge in [-0.3, -0.25) is 0 Å². The van der Waals surface area contributed by atoms with Crippen LogP contribution in [0.15, 0.2) is 10.7 Å². The molecule has 1 N–H and O–H groups in total. The molecule has 0 radical (unpaired) electrons. The molecule has 1 atom stereocenters. The van der Waals surface area contributed by atoms with Gasteiger partial charge in [0.2, 0.25) is 5.95 Å². The average molecular weight is 315 g/mol. The first-order chi connectivity index (χ1) is 8.58. The lowest BCUT2D eigenvalue weighted by Gasteiger charge is -2.40. The van der Waals surface area contributed by atoms with Gasteiger partial charge in [0, 0.05) is 26.3 Å². The molecule has 1 saturated heterocycles. The summed E-state index contributed by atoms with van der Waals surface area (Å²) in [5, 5.41) is 3.05. The van der Waals surface area contributed by atoms with Crippen molar-refractivity contribution in [1.29, 1.82) is 0 Å². The van der Waals surface area contributed by atoms with Crippen molar-refractivity contribution in [3.63, 3.8) is 0 Å². The van der Waals surface area contributed by atoms with Crippen LogP contribution in [0.1, 0.15) is 20.3 Å². The van der Waals surface area contributed by atoms with Crippen LogP contribution in [0.2, 0.25) is 0 Å². The zero-order valence-electron chi connectivity index (χ0n) is 11.0. The molecule has 0 aromatic carbocycles. The second kappa shape index (κ2) is 5.40. The number of morpholine rings is 1. The third kappa shape index (κ3) is 2.75. The average Bonchev–Trinajstić information content (AvgIpc) is 2.39. The Kier molecular flexibility index (Phi) is 4.07. The Hall–Kier alpha value is -0.880. The van der Waals surface area contributed by atoms with Gasteiger partial charge < -0.3 is 15.0 Å². The van der Waals surface area contributed by atoms with Crippen LogP contribution in [0, 0.1) is 0 Å². The van der Waals surface area contributed by atoms with Gasteiger partial charge in [0.15, 0.2) is 0 Å². The van der Waals surface area contributed by atoms with Crippen molar-refractivity contribution in [3.05, 3.63) is 10.7 Å². The van der Waals surface area contributed by atoms with Gasteiger partial charge in [0.25, 0.3) is 0 Å². The molecule has 0 aliphatic carbocycles. The highest BCUT2D eigenvalue weighted by molar-refractivity contribution is 9.10. The number of aromatic nitrogens is 2. The summed E-state index contributed by atoms with van der Waals surface area (Å²) in [6, 6.07) is 0. The fraction of sp³-hybridized carbons (Fsp3) is 0.667. The van der Waals surface area contributed by atoms with Gasteiger partial charge in [-0.15, -0.1) is 0 Å². The number of halogens is 1. The molecule has 1 fully saturated rings. The zero-order chi connectivity index (χ0) is 13.2. The van der Waals surface area contributed by atoms with Gasteiger partial charge in [-0.25, -0.2) is 4.98 Å². The third-order valence-corrected chi connectivity index (χ3v) is 3.92. The van der Waals surface area contributed by atoms with Crippen molar-refractivity contribution in [3.8, 4) is 0 Å². The molecule has 18 heavy (non-hydrogen) atoms. The van der Waals surface area contributed by atoms with Crippen molar-refractivity contribution >= 4 is 27.7 Å². The van der Waals surface area contributed by atoms with E-state index >= 15 is 0 Å². The fourth-order valence-corrected chi connectivity index (χ4v) is 2.39. The lowest BCUT2D eigenvalue weighted by atomic mass is 10.0. The maximum absolute atomic E-state index is 5.82. The third-order valence-electron chi connectivity index (χ3n) is 3.34. The Balaban J connectivity index is 2.21. The molecule has 0 saturated carbocycles. The predicted octanol–water partition coefficient (Wildman–Crippen LogP) is 2.29. The molecule has 1 aliphatic heterocycles. The molecule has 1 unspecified atom stereocenters. The first-order valence-electron chi connectivity index (χ1n) is 6.17. The van der Waals surface area contributed by atoms with Gasteiger partial charge in [-0.2, -0.15) is 4.98 Å². The topological polar surface area (TPSA) is 50.3 Å². The second-order valence-electron chi connectivity index (χ2n) is 4.69. The van der Waals surface area contributed by atoms with Crippen molar-refractivity contribution in [2.45, 2.75) is 25.9 Å². The van der Waals surface area contributed by atoms with E-state index in [2.05, 4.69) is 50.0 Å². The molecule has 0 bridgehead atoms. The molecular weight excluding hydrogens is 296 g/mol. The van der Waals surface area contributed by atoms with Crippen LogP contribution in [0.4, 0.5) is 11.8 Å². The highest BCUT2D eigenvalue weighted by Gasteiger charge is 2.31. The Morgan fingerprint density at radius 3 is 3.06 bits per heavy atom. The summed E-state index contributed by atoms with van der Waals surface area (Å²) in [6.45, 7) is 6.66. The number of ether oxygens (including phenoxy) is 1. The Morgan fingerprint density at radius 1 is 1.61 bits per heavy atom. The number of nitrogens with zero attached hydrogens (tertiary/aromatic N) is 3. The molecule has 100 valence electrons. The summed E-state index contributed by atoms with van der Waals surface area (Å²) in [5.41, 5.74) is -0.103. The number of nitrogens with one attached hydrogen (secondary N) is 1. The molecule has 0 spiro atoms. The van der Waals surface area contributed by atoms with Gasteiger partial charge in [-0.1, -0.05) is 6.92 Å². The minimum absolute atomic E-state index is 0.103. The smallest absolute Gasteiger partial charge is 0.227 e. The lowest BCUT2D eigenvalue weighted by molar-refractivity contribution is -0.0445. The minimum Gasteiger partial charge on any atom is -0.372 e. The molecule has 1 aromatic rings. The van der Waals surface area contributed by atoms with E-state index in [9.17, 15) is 0 Å². The lowest BCUT2D eigenvalue weighted by Crippen LogP contribution is -2.50. The number of rotatable bonds is 3. The normalized spacial score (nSPS) is 24.1. The molecule has 1 aromatic heterocycles. The van der Waals surface area contributed by atoms with E-state index in [1.54, 1.807) is 6.20 Å². The molecule has 5 nitrogen and oxygen atoms in total. The van der Waals surface area contributed by atoms with Crippen molar-refractivity contribution in [1.82, 2.24) is 9.97 Å². The molecule has 6 heteroatoms. The van der Waals surface area contributed by atoms with E-state index in [0.717, 1.165) is 42.4 Å². The summed E-state index contributed by atoms with van der Waals surface area (Å²) < 4.78 is 6.70. The van der Waals surface area contributed by atoms with E-state index in [4.69, 9.17) is 4.74 Å². The Labute approximate surface area is 116 Å². The van der Waals surface area contributed by atoms with Crippen LogP contribution >= 0.6 is 15.9 Å². The van der Waals surface area contributed by atoms with E-state index < -0.39 is 0 Å². The predicted molar refractivity (Wildman–Crippen MR) is 76.1 cm³/mol. The molecule has 2 heterocycles. The monoisotopic (exact) mass is 314 g/mol. The summed E-state index contributed by atoms with van der Waals surface area (Å²) >= 11 is 3.42. The van der Waals surface area contributed by atoms with Crippen LogP contribution in [0.5, 0.6) is 0 Å². The maximum Gasteiger partial charge on any atom is 0.227 e. The van der Waals surface area contributed by atoms with Crippen LogP contribution in [-0.2, 0) is 4.74 Å². The molecule has 1 aliphatic rings. The van der Waals surface area contributed by atoms with Gasteiger partial charge in [0.05, 0.1) is 16.7 Å². The first kappa shape index (κ1) is 13.5. The SMILES string of the molecule is CCC1(C)CN(c2ncc(Br)c(NC)n2)CCO1. The summed E-state index contributed by atoms with van der Waals surface area (Å²) in [5.74, 6) is 1.57. The van der Waals surface area contributed by atoms with E-state index in [0.29, 0.717) is 0 Å². The van der Waals surface area contributed by atoms with Crippen molar-refractivity contribution in [2.75, 3.05) is 37.0 Å². The standard InChI is InChI=1S/C12H19BrN4O/c1-4-12(2)8-17(5-6-18-12)11-15-7-9(13)10(14-3)16-11/h7H,4-6,8H2,1-3H3,(H,14,15,16). The minimum atomic E-state index is -0.103. The number of anilines is 2. The quantitative estimate of drug-likeness (QED) is 0.927. The van der Waals surface area contributed by atoms with E-state index in [-0.39, 0.29) is 5.60 Å². The highest BCUT2D eigenvalue weighted by Crippen LogP contribution is 2.26. The van der Waals surface area contributed by atoms with Gasteiger partial charge in [0.1, 0.15) is 5.82 Å². The largest absolute Gasteiger partial charge is 0.372 e. The zero-order valence-corrected chi connectivity index (χ0v) is 12.6. The van der Waals surface area contributed by atoms with Crippen LogP contribution in [-0.4, -0.2) is 42.3 Å². The van der Waals surface area contributed by atoms with Crippen LogP contribution in [0.3, 0.4) is 0 Å². The van der Waals surface area contributed by atoms with E-state index in [1.165, 1.54) is 0 Å². The van der Waals surface area contributed by atoms with Crippen LogP contribution < -0.4 is 10.2 Å². The molecular formula is C12H19BrN4O. The highest BCUT2D eigenvalue weighted by atomic mass is 79.9.